The molecule has 3 aromatic rings. The zero-order valence-corrected chi connectivity index (χ0v) is 16.2. The Labute approximate surface area is 170 Å². The van der Waals surface area contributed by atoms with Gasteiger partial charge in [-0.3, -0.25) is 9.59 Å². The van der Waals surface area contributed by atoms with E-state index in [1.807, 2.05) is 91.0 Å². The van der Waals surface area contributed by atoms with Crippen molar-refractivity contribution in [3.8, 4) is 0 Å². The lowest BCUT2D eigenvalue weighted by Crippen LogP contribution is -2.50. The highest BCUT2D eigenvalue weighted by Crippen LogP contribution is 2.48. The van der Waals surface area contributed by atoms with Crippen molar-refractivity contribution in [3.63, 3.8) is 0 Å². The smallest absolute Gasteiger partial charge is 0.311 e. The van der Waals surface area contributed by atoms with Crippen LogP contribution in [0.3, 0.4) is 0 Å². The molecule has 0 spiro atoms. The van der Waals surface area contributed by atoms with Crippen molar-refractivity contribution in [2.24, 2.45) is 5.92 Å². The number of hydrogen-bond acceptors (Lipinski definition) is 3. The topological polar surface area (TPSA) is 55.4 Å². The van der Waals surface area contributed by atoms with Gasteiger partial charge in [0.05, 0.1) is 25.0 Å². The zero-order chi connectivity index (χ0) is 20.2. The van der Waals surface area contributed by atoms with Crippen LogP contribution in [0.4, 0.5) is 0 Å². The van der Waals surface area contributed by atoms with Crippen LogP contribution in [0.2, 0.25) is 0 Å². The van der Waals surface area contributed by atoms with Crippen LogP contribution in [-0.4, -0.2) is 19.0 Å². The number of carbonyl (C=O) groups excluding carboxylic acids is 2. The minimum atomic E-state index is -0.548. The van der Waals surface area contributed by atoms with Crippen LogP contribution >= 0.6 is 0 Å². The van der Waals surface area contributed by atoms with Gasteiger partial charge in [-0.15, -0.1) is 0 Å². The summed E-state index contributed by atoms with van der Waals surface area (Å²) < 4.78 is 5.22. The lowest BCUT2D eigenvalue weighted by atomic mass is 9.67. The fraction of sp³-hybridized carbons (Fsp3) is 0.200. The minimum absolute atomic E-state index is 0.0842. The second-order valence-corrected chi connectivity index (χ2v) is 7.27. The summed E-state index contributed by atoms with van der Waals surface area (Å²) >= 11 is 0. The van der Waals surface area contributed by atoms with E-state index in [4.69, 9.17) is 4.74 Å². The molecule has 1 amide bonds. The molecule has 1 heterocycles. The van der Waals surface area contributed by atoms with Crippen molar-refractivity contribution in [2.75, 3.05) is 7.11 Å². The van der Waals surface area contributed by atoms with E-state index in [2.05, 4.69) is 5.32 Å². The molecule has 4 rings (SSSR count). The molecule has 1 saturated heterocycles. The average molecular weight is 385 g/mol. The van der Waals surface area contributed by atoms with Gasteiger partial charge in [-0.25, -0.2) is 0 Å². The van der Waals surface area contributed by atoms with Gasteiger partial charge < -0.3 is 10.1 Å². The van der Waals surface area contributed by atoms with Crippen molar-refractivity contribution < 1.29 is 14.3 Å². The Hall–Kier alpha value is -3.40. The maximum atomic E-state index is 13.4. The molecular formula is C25H23NO3. The molecule has 1 fully saturated rings. The first-order valence-electron chi connectivity index (χ1n) is 9.73. The summed E-state index contributed by atoms with van der Waals surface area (Å²) in [5, 5.41) is 3.11. The van der Waals surface area contributed by atoms with Crippen LogP contribution in [0, 0.1) is 5.92 Å². The fourth-order valence-electron chi connectivity index (χ4n) is 4.37. The largest absolute Gasteiger partial charge is 0.469 e. The Bertz CT molecular complexity index is 973. The summed E-state index contributed by atoms with van der Waals surface area (Å²) in [7, 11) is 1.40. The number of amides is 1. The Morgan fingerprint density at radius 1 is 0.759 bits per heavy atom. The van der Waals surface area contributed by atoms with E-state index in [0.29, 0.717) is 0 Å². The van der Waals surface area contributed by atoms with Crippen LogP contribution in [-0.2, 0) is 14.3 Å². The van der Waals surface area contributed by atoms with Gasteiger partial charge in [0, 0.05) is 5.92 Å². The molecule has 29 heavy (non-hydrogen) atoms. The number of esters is 1. The minimum Gasteiger partial charge on any atom is -0.469 e. The fourth-order valence-corrected chi connectivity index (χ4v) is 4.37. The Kier molecular flexibility index (Phi) is 5.43. The molecule has 1 aliphatic heterocycles. The van der Waals surface area contributed by atoms with Gasteiger partial charge in [0.2, 0.25) is 5.91 Å². The molecule has 1 aliphatic rings. The number of carbonyl (C=O) groups is 2. The highest BCUT2D eigenvalue weighted by atomic mass is 16.5. The highest BCUT2D eigenvalue weighted by molar-refractivity contribution is 5.90. The lowest BCUT2D eigenvalue weighted by Gasteiger charge is -2.42. The molecule has 4 heteroatoms. The SMILES string of the molecule is COC(=O)[C@H]1[C@@H](c2ccccc2)[C@@H](c2ccccc2)C(=O)N[C@H]1c1ccccc1. The van der Waals surface area contributed by atoms with E-state index in [9.17, 15) is 9.59 Å². The van der Waals surface area contributed by atoms with Crippen molar-refractivity contribution in [1.29, 1.82) is 0 Å². The van der Waals surface area contributed by atoms with Gasteiger partial charge in [0.1, 0.15) is 0 Å². The first-order chi connectivity index (χ1) is 14.2. The van der Waals surface area contributed by atoms with E-state index in [1.165, 1.54) is 7.11 Å². The normalized spacial score (nSPS) is 23.8. The molecule has 0 unspecified atom stereocenters. The molecule has 0 saturated carbocycles. The van der Waals surface area contributed by atoms with E-state index in [1.54, 1.807) is 0 Å². The summed E-state index contributed by atoms with van der Waals surface area (Å²) in [5.41, 5.74) is 2.73. The van der Waals surface area contributed by atoms with Crippen LogP contribution < -0.4 is 5.32 Å². The molecule has 3 aromatic carbocycles. The third-order valence-corrected chi connectivity index (χ3v) is 5.66. The Morgan fingerprint density at radius 2 is 1.24 bits per heavy atom. The highest BCUT2D eigenvalue weighted by Gasteiger charge is 2.49. The molecule has 0 aromatic heterocycles. The number of nitrogens with one attached hydrogen (secondary N) is 1. The van der Waals surface area contributed by atoms with Crippen LogP contribution in [0.1, 0.15) is 34.6 Å². The summed E-state index contributed by atoms with van der Waals surface area (Å²) in [6.07, 6.45) is 0. The van der Waals surface area contributed by atoms with E-state index < -0.39 is 17.9 Å². The number of benzene rings is 3. The number of piperidine rings is 1. The Morgan fingerprint density at radius 3 is 1.76 bits per heavy atom. The number of hydrogen-bond donors (Lipinski definition) is 1. The Balaban J connectivity index is 1.89. The first-order valence-corrected chi connectivity index (χ1v) is 9.73. The van der Waals surface area contributed by atoms with E-state index in [-0.39, 0.29) is 17.8 Å². The van der Waals surface area contributed by atoms with Crippen LogP contribution in [0.15, 0.2) is 91.0 Å². The van der Waals surface area contributed by atoms with Crippen molar-refractivity contribution in [1.82, 2.24) is 5.32 Å². The summed E-state index contributed by atoms with van der Waals surface area (Å²) in [6, 6.07) is 28.6. The van der Waals surface area contributed by atoms with Crippen molar-refractivity contribution >= 4 is 11.9 Å². The molecule has 146 valence electrons. The van der Waals surface area contributed by atoms with E-state index >= 15 is 0 Å². The average Bonchev–Trinajstić information content (AvgIpc) is 2.79. The summed E-state index contributed by atoms with van der Waals surface area (Å²) in [6.45, 7) is 0. The molecule has 0 aliphatic carbocycles. The monoisotopic (exact) mass is 385 g/mol. The van der Waals surface area contributed by atoms with Crippen LogP contribution in [0.5, 0.6) is 0 Å². The molecule has 1 N–H and O–H groups in total. The van der Waals surface area contributed by atoms with Gasteiger partial charge in [0.15, 0.2) is 0 Å². The van der Waals surface area contributed by atoms with Gasteiger partial charge in [0.25, 0.3) is 0 Å². The van der Waals surface area contributed by atoms with Crippen molar-refractivity contribution in [2.45, 2.75) is 17.9 Å². The standard InChI is InChI=1S/C25H23NO3/c1-29-25(28)22-20(17-11-5-2-6-12-17)21(18-13-7-3-8-14-18)24(27)26-23(22)19-15-9-4-10-16-19/h2-16,20-23H,1H3,(H,26,27)/t20-,21+,22-,23-/m0/s1. The molecule has 0 bridgehead atoms. The molecule has 4 atom stereocenters. The van der Waals surface area contributed by atoms with Gasteiger partial charge in [-0.05, 0) is 16.7 Å². The first kappa shape index (κ1) is 18.9. The summed E-state index contributed by atoms with van der Waals surface area (Å²) in [4.78, 5) is 26.4. The third-order valence-electron chi connectivity index (χ3n) is 5.66. The second-order valence-electron chi connectivity index (χ2n) is 7.27. The van der Waals surface area contributed by atoms with Gasteiger partial charge in [-0.2, -0.15) is 0 Å². The molecule has 4 nitrogen and oxygen atoms in total. The number of rotatable bonds is 4. The van der Waals surface area contributed by atoms with Crippen molar-refractivity contribution in [3.05, 3.63) is 108 Å². The third kappa shape index (κ3) is 3.66. The number of methoxy groups -OCH3 is 1. The van der Waals surface area contributed by atoms with Gasteiger partial charge >= 0.3 is 5.97 Å². The zero-order valence-electron chi connectivity index (χ0n) is 16.2. The van der Waals surface area contributed by atoms with Gasteiger partial charge in [-0.1, -0.05) is 91.0 Å². The predicted molar refractivity (Wildman–Crippen MR) is 111 cm³/mol. The molecular weight excluding hydrogens is 362 g/mol. The quantitative estimate of drug-likeness (QED) is 0.685. The predicted octanol–water partition coefficient (Wildman–Crippen LogP) is 4.21. The lowest BCUT2D eigenvalue weighted by molar-refractivity contribution is -0.150. The maximum Gasteiger partial charge on any atom is 0.311 e. The number of ether oxygens (including phenoxy) is 1. The van der Waals surface area contributed by atoms with E-state index in [0.717, 1.165) is 16.7 Å². The van der Waals surface area contributed by atoms with Crippen LogP contribution in [0.25, 0.3) is 0 Å². The second kappa shape index (κ2) is 8.31. The summed E-state index contributed by atoms with van der Waals surface area (Å²) in [5.74, 6) is -1.78. The molecule has 0 radical (unpaired) electrons. The maximum absolute atomic E-state index is 13.4.